The summed E-state index contributed by atoms with van der Waals surface area (Å²) in [5.41, 5.74) is 2.01. The van der Waals surface area contributed by atoms with Crippen LogP contribution in [-0.2, 0) is 9.59 Å². The van der Waals surface area contributed by atoms with E-state index in [1.54, 1.807) is 11.8 Å². The molecule has 2 aromatic rings. The third-order valence-electron chi connectivity index (χ3n) is 4.57. The summed E-state index contributed by atoms with van der Waals surface area (Å²) in [6.07, 6.45) is 1.70. The van der Waals surface area contributed by atoms with E-state index in [1.165, 1.54) is 5.56 Å². The number of carbonyl (C=O) groups excluding carboxylic acids is 2. The number of nitrogens with zero attached hydrogens (tertiary/aromatic N) is 1. The summed E-state index contributed by atoms with van der Waals surface area (Å²) in [5.74, 6) is 0.376. The van der Waals surface area contributed by atoms with Gasteiger partial charge in [0.2, 0.25) is 11.8 Å². The summed E-state index contributed by atoms with van der Waals surface area (Å²) in [6.45, 7) is 3.29. The summed E-state index contributed by atoms with van der Waals surface area (Å²) in [4.78, 5) is 28.0. The number of rotatable bonds is 5. The SMILES string of the molecule is Cc1ccc(SCC(=O)N2CCCC(C(=O)Nc3ccccc3)C2)cc1. The van der Waals surface area contributed by atoms with E-state index in [-0.39, 0.29) is 17.7 Å². The second-order valence-electron chi connectivity index (χ2n) is 6.64. The number of hydrogen-bond acceptors (Lipinski definition) is 3. The monoisotopic (exact) mass is 368 g/mol. The highest BCUT2D eigenvalue weighted by Crippen LogP contribution is 2.22. The maximum absolute atomic E-state index is 12.5. The Morgan fingerprint density at radius 3 is 2.58 bits per heavy atom. The molecule has 5 heteroatoms. The van der Waals surface area contributed by atoms with Gasteiger partial charge in [-0.2, -0.15) is 0 Å². The van der Waals surface area contributed by atoms with Crippen LogP contribution in [0.25, 0.3) is 0 Å². The fraction of sp³-hybridized carbons (Fsp3) is 0.333. The smallest absolute Gasteiger partial charge is 0.232 e. The van der Waals surface area contributed by atoms with Crippen molar-refractivity contribution < 1.29 is 9.59 Å². The Bertz CT molecular complexity index is 746. The zero-order chi connectivity index (χ0) is 18.4. The van der Waals surface area contributed by atoms with Crippen molar-refractivity contribution in [1.29, 1.82) is 0 Å². The highest BCUT2D eigenvalue weighted by atomic mass is 32.2. The normalized spacial score (nSPS) is 17.0. The Hall–Kier alpha value is -2.27. The number of benzene rings is 2. The van der Waals surface area contributed by atoms with Gasteiger partial charge >= 0.3 is 0 Å². The van der Waals surface area contributed by atoms with Crippen molar-refractivity contribution in [2.45, 2.75) is 24.7 Å². The molecule has 2 amide bonds. The van der Waals surface area contributed by atoms with E-state index in [9.17, 15) is 9.59 Å². The van der Waals surface area contributed by atoms with Crippen LogP contribution in [0.15, 0.2) is 59.5 Å². The highest BCUT2D eigenvalue weighted by molar-refractivity contribution is 8.00. The first-order valence-electron chi connectivity index (χ1n) is 8.95. The number of hydrogen-bond donors (Lipinski definition) is 1. The first kappa shape index (κ1) is 18.5. The fourth-order valence-electron chi connectivity index (χ4n) is 3.05. The third-order valence-corrected chi connectivity index (χ3v) is 5.57. The van der Waals surface area contributed by atoms with Gasteiger partial charge in [0.1, 0.15) is 0 Å². The number of likely N-dealkylation sites (tertiary alicyclic amines) is 1. The van der Waals surface area contributed by atoms with Crippen LogP contribution in [0.4, 0.5) is 5.69 Å². The quantitative estimate of drug-likeness (QED) is 0.813. The van der Waals surface area contributed by atoms with Crippen molar-refractivity contribution in [2.24, 2.45) is 5.92 Å². The first-order chi connectivity index (χ1) is 12.6. The molecule has 0 aliphatic carbocycles. The van der Waals surface area contributed by atoms with Crippen LogP contribution in [0.5, 0.6) is 0 Å². The van der Waals surface area contributed by atoms with Crippen LogP contribution < -0.4 is 5.32 Å². The molecule has 0 spiro atoms. The standard InChI is InChI=1S/C21H24N2O2S/c1-16-9-11-19(12-10-16)26-15-20(24)23-13-5-6-17(14-23)21(25)22-18-7-3-2-4-8-18/h2-4,7-12,17H,5-6,13-15H2,1H3,(H,22,25). The third kappa shape index (κ3) is 5.11. The molecule has 1 fully saturated rings. The van der Waals surface area contributed by atoms with Gasteiger partial charge in [0.05, 0.1) is 11.7 Å². The van der Waals surface area contributed by atoms with Gasteiger partial charge in [-0.3, -0.25) is 9.59 Å². The van der Waals surface area contributed by atoms with Crippen LogP contribution in [0.1, 0.15) is 18.4 Å². The lowest BCUT2D eigenvalue weighted by molar-refractivity contribution is -0.132. The van der Waals surface area contributed by atoms with Gasteiger partial charge in [-0.15, -0.1) is 11.8 Å². The molecule has 0 saturated carbocycles. The molecule has 26 heavy (non-hydrogen) atoms. The summed E-state index contributed by atoms with van der Waals surface area (Å²) in [5, 5.41) is 2.95. The Morgan fingerprint density at radius 2 is 1.85 bits per heavy atom. The minimum Gasteiger partial charge on any atom is -0.341 e. The molecule has 1 atom stereocenters. The molecule has 1 saturated heterocycles. The van der Waals surface area contributed by atoms with Gasteiger partial charge < -0.3 is 10.2 Å². The van der Waals surface area contributed by atoms with E-state index >= 15 is 0 Å². The van der Waals surface area contributed by atoms with E-state index in [2.05, 4.69) is 17.4 Å². The van der Waals surface area contributed by atoms with Gasteiger partial charge in [0.25, 0.3) is 0 Å². The highest BCUT2D eigenvalue weighted by Gasteiger charge is 2.28. The molecule has 0 aromatic heterocycles. The molecular weight excluding hydrogens is 344 g/mol. The Kier molecular flexibility index (Phi) is 6.34. The molecule has 1 aliphatic rings. The number of aryl methyl sites for hydroxylation is 1. The van der Waals surface area contributed by atoms with E-state index in [4.69, 9.17) is 0 Å². The van der Waals surface area contributed by atoms with Crippen molar-refractivity contribution in [3.63, 3.8) is 0 Å². The van der Waals surface area contributed by atoms with Crippen LogP contribution in [-0.4, -0.2) is 35.6 Å². The number of amides is 2. The van der Waals surface area contributed by atoms with Gasteiger partial charge in [-0.25, -0.2) is 0 Å². The number of para-hydroxylation sites is 1. The molecule has 1 heterocycles. The molecular formula is C21H24N2O2S. The number of carbonyl (C=O) groups is 2. The number of anilines is 1. The molecule has 3 rings (SSSR count). The Balaban J connectivity index is 1.51. The molecule has 0 bridgehead atoms. The van der Waals surface area contributed by atoms with Crippen LogP contribution in [0.2, 0.25) is 0 Å². The minimum absolute atomic E-state index is 0.000104. The van der Waals surface area contributed by atoms with Crippen molar-refractivity contribution in [3.05, 3.63) is 60.2 Å². The van der Waals surface area contributed by atoms with E-state index in [1.807, 2.05) is 54.3 Å². The lowest BCUT2D eigenvalue weighted by Crippen LogP contribution is -2.44. The van der Waals surface area contributed by atoms with Crippen molar-refractivity contribution in [1.82, 2.24) is 4.90 Å². The zero-order valence-electron chi connectivity index (χ0n) is 15.0. The van der Waals surface area contributed by atoms with E-state index < -0.39 is 0 Å². The molecule has 0 radical (unpaired) electrons. The summed E-state index contributed by atoms with van der Waals surface area (Å²) < 4.78 is 0. The van der Waals surface area contributed by atoms with Crippen LogP contribution >= 0.6 is 11.8 Å². The van der Waals surface area contributed by atoms with Gasteiger partial charge in [-0.1, -0.05) is 35.9 Å². The second-order valence-corrected chi connectivity index (χ2v) is 7.68. The fourth-order valence-corrected chi connectivity index (χ4v) is 3.86. The van der Waals surface area contributed by atoms with Crippen LogP contribution in [0.3, 0.4) is 0 Å². The summed E-state index contributed by atoms with van der Waals surface area (Å²) >= 11 is 1.55. The van der Waals surface area contributed by atoms with Gasteiger partial charge in [-0.05, 0) is 44.0 Å². The molecule has 2 aromatic carbocycles. The first-order valence-corrected chi connectivity index (χ1v) is 9.93. The molecule has 1 N–H and O–H groups in total. The number of thioether (sulfide) groups is 1. The molecule has 1 aliphatic heterocycles. The minimum atomic E-state index is -0.141. The predicted octanol–water partition coefficient (Wildman–Crippen LogP) is 3.96. The van der Waals surface area contributed by atoms with Gasteiger partial charge in [0.15, 0.2) is 0 Å². The Labute approximate surface area is 159 Å². The van der Waals surface area contributed by atoms with Crippen molar-refractivity contribution >= 4 is 29.3 Å². The lowest BCUT2D eigenvalue weighted by Gasteiger charge is -2.32. The van der Waals surface area contributed by atoms with Crippen LogP contribution in [0, 0.1) is 12.8 Å². The maximum Gasteiger partial charge on any atom is 0.232 e. The predicted molar refractivity (Wildman–Crippen MR) is 106 cm³/mol. The molecule has 4 nitrogen and oxygen atoms in total. The number of nitrogens with one attached hydrogen (secondary N) is 1. The summed E-state index contributed by atoms with van der Waals surface area (Å²) in [7, 11) is 0. The van der Waals surface area contributed by atoms with Crippen molar-refractivity contribution in [3.8, 4) is 0 Å². The number of piperidine rings is 1. The van der Waals surface area contributed by atoms with E-state index in [0.717, 1.165) is 30.0 Å². The Morgan fingerprint density at radius 1 is 1.12 bits per heavy atom. The average Bonchev–Trinajstić information content (AvgIpc) is 2.68. The topological polar surface area (TPSA) is 49.4 Å². The molecule has 1 unspecified atom stereocenters. The molecule has 136 valence electrons. The largest absolute Gasteiger partial charge is 0.341 e. The summed E-state index contributed by atoms with van der Waals surface area (Å²) in [6, 6.07) is 17.7. The zero-order valence-corrected chi connectivity index (χ0v) is 15.8. The average molecular weight is 369 g/mol. The maximum atomic E-state index is 12.5. The second kappa shape index (κ2) is 8.90. The van der Waals surface area contributed by atoms with Crippen molar-refractivity contribution in [2.75, 3.05) is 24.2 Å². The lowest BCUT2D eigenvalue weighted by atomic mass is 9.97. The van der Waals surface area contributed by atoms with E-state index in [0.29, 0.717) is 12.3 Å². The van der Waals surface area contributed by atoms with Gasteiger partial charge in [0, 0.05) is 23.7 Å².